The molecule has 0 unspecified atom stereocenters. The van der Waals surface area contributed by atoms with Crippen LogP contribution in [0.5, 0.6) is 11.5 Å². The number of aromatic nitrogens is 2. The lowest BCUT2D eigenvalue weighted by Gasteiger charge is -2.10. The molecule has 0 aliphatic rings. The first-order chi connectivity index (χ1) is 14.5. The van der Waals surface area contributed by atoms with Gasteiger partial charge < -0.3 is 20.1 Å². The van der Waals surface area contributed by atoms with Crippen LogP contribution in [0.1, 0.15) is 0 Å². The van der Waals surface area contributed by atoms with E-state index >= 15 is 0 Å². The first kappa shape index (κ1) is 21.7. The third-order valence-electron chi connectivity index (χ3n) is 3.54. The Bertz CT molecular complexity index is 935. The lowest BCUT2D eigenvalue weighted by molar-refractivity contribution is -0.118. The number of carbonyl (C=O) groups is 2. The van der Waals surface area contributed by atoms with Crippen LogP contribution in [-0.4, -0.2) is 35.0 Å². The minimum absolute atomic E-state index is 0.198. The Morgan fingerprint density at radius 1 is 0.767 bits per heavy atom. The normalized spacial score (nSPS) is 10.2. The van der Waals surface area contributed by atoms with Gasteiger partial charge in [-0.3, -0.25) is 9.59 Å². The zero-order chi connectivity index (χ0) is 21.3. The summed E-state index contributed by atoms with van der Waals surface area (Å²) in [5.74, 6) is 1.02. The van der Waals surface area contributed by atoms with Crippen LogP contribution in [0.25, 0.3) is 0 Å². The number of anilines is 2. The van der Waals surface area contributed by atoms with Gasteiger partial charge in [-0.15, -0.1) is 0 Å². The smallest absolute Gasteiger partial charge is 0.263 e. The number of halogens is 2. The van der Waals surface area contributed by atoms with Gasteiger partial charge in [-0.25, -0.2) is 9.97 Å². The fraction of sp³-hybridized carbons (Fsp3) is 0.100. The second-order valence-electron chi connectivity index (χ2n) is 5.87. The van der Waals surface area contributed by atoms with Gasteiger partial charge in [0.1, 0.15) is 23.1 Å². The van der Waals surface area contributed by atoms with E-state index in [4.69, 9.17) is 9.47 Å². The van der Waals surface area contributed by atoms with Crippen LogP contribution in [0.2, 0.25) is 0 Å². The lowest BCUT2D eigenvalue weighted by Crippen LogP contribution is -2.21. The number of carbonyl (C=O) groups excluding carboxylic acids is 2. The van der Waals surface area contributed by atoms with Crippen LogP contribution in [0.3, 0.4) is 0 Å². The van der Waals surface area contributed by atoms with E-state index in [1.54, 1.807) is 60.9 Å². The summed E-state index contributed by atoms with van der Waals surface area (Å²) >= 11 is 6.56. The minimum Gasteiger partial charge on any atom is -0.484 e. The molecule has 3 rings (SSSR count). The van der Waals surface area contributed by atoms with Crippen molar-refractivity contribution >= 4 is 55.3 Å². The molecule has 0 atom stereocenters. The van der Waals surface area contributed by atoms with Gasteiger partial charge in [0.2, 0.25) is 0 Å². The molecule has 0 radical (unpaired) electrons. The molecule has 154 valence electrons. The van der Waals surface area contributed by atoms with E-state index in [9.17, 15) is 9.59 Å². The topological polar surface area (TPSA) is 102 Å². The minimum atomic E-state index is -0.350. The predicted octanol–water partition coefficient (Wildman–Crippen LogP) is 4.04. The number of rotatable bonds is 8. The summed E-state index contributed by atoms with van der Waals surface area (Å²) in [6.07, 6.45) is 3.17. The molecule has 0 fully saturated rings. The molecular formula is C20H16Br2N4O4. The van der Waals surface area contributed by atoms with Gasteiger partial charge in [-0.05, 0) is 68.3 Å². The van der Waals surface area contributed by atoms with E-state index in [0.29, 0.717) is 23.1 Å². The van der Waals surface area contributed by atoms with E-state index in [1.165, 1.54) is 0 Å². The fourth-order valence-electron chi connectivity index (χ4n) is 2.21. The van der Waals surface area contributed by atoms with Crippen LogP contribution in [0.15, 0.2) is 69.9 Å². The summed E-state index contributed by atoms with van der Waals surface area (Å²) < 4.78 is 12.6. The van der Waals surface area contributed by atoms with E-state index in [1.807, 2.05) is 0 Å². The van der Waals surface area contributed by atoms with Crippen molar-refractivity contribution in [3.05, 3.63) is 69.9 Å². The molecule has 0 aliphatic carbocycles. The predicted molar refractivity (Wildman–Crippen MR) is 119 cm³/mol. The molecule has 0 saturated heterocycles. The largest absolute Gasteiger partial charge is 0.484 e. The van der Waals surface area contributed by atoms with Crippen molar-refractivity contribution < 1.29 is 19.1 Å². The second kappa shape index (κ2) is 10.7. The molecule has 2 amide bonds. The zero-order valence-corrected chi connectivity index (χ0v) is 18.6. The number of hydrogen-bond donors (Lipinski definition) is 2. The van der Waals surface area contributed by atoms with Gasteiger partial charge in [0.15, 0.2) is 13.2 Å². The second-order valence-corrected chi connectivity index (χ2v) is 7.70. The Hall–Kier alpha value is -2.98. The maximum absolute atomic E-state index is 12.0. The summed E-state index contributed by atoms with van der Waals surface area (Å²) in [4.78, 5) is 32.1. The summed E-state index contributed by atoms with van der Waals surface area (Å²) in [6.45, 7) is -0.395. The van der Waals surface area contributed by atoms with Gasteiger partial charge >= 0.3 is 0 Å². The maximum Gasteiger partial charge on any atom is 0.263 e. The van der Waals surface area contributed by atoms with Crippen molar-refractivity contribution in [1.82, 2.24) is 9.97 Å². The molecule has 1 aromatic carbocycles. The van der Waals surface area contributed by atoms with Crippen LogP contribution in [0.4, 0.5) is 11.6 Å². The third kappa shape index (κ3) is 7.12. The molecular weight excluding hydrogens is 520 g/mol. The Labute approximate surface area is 189 Å². The van der Waals surface area contributed by atoms with Gasteiger partial charge in [0, 0.05) is 27.4 Å². The fourth-order valence-corrected chi connectivity index (χ4v) is 2.68. The average Bonchev–Trinajstić information content (AvgIpc) is 2.74. The summed E-state index contributed by atoms with van der Waals surface area (Å²) in [5, 5.41) is 5.26. The van der Waals surface area contributed by atoms with Gasteiger partial charge in [-0.2, -0.15) is 0 Å². The van der Waals surface area contributed by atoms with Crippen molar-refractivity contribution in [3.63, 3.8) is 0 Å². The standard InChI is InChI=1S/C20H16Br2N4O4/c21-13-4-6-17(23-9-13)25-19(27)11-29-15-2-1-3-16(8-15)30-12-20(28)26-18-7-5-14(22)10-24-18/h1-10H,11-12H2,(H,23,25,27)(H,24,26,28). The van der Waals surface area contributed by atoms with E-state index in [2.05, 4.69) is 52.5 Å². The van der Waals surface area contributed by atoms with Crippen LogP contribution < -0.4 is 20.1 Å². The van der Waals surface area contributed by atoms with Crippen LogP contribution >= 0.6 is 31.9 Å². The third-order valence-corrected chi connectivity index (χ3v) is 4.47. The zero-order valence-electron chi connectivity index (χ0n) is 15.5. The molecule has 10 heteroatoms. The lowest BCUT2D eigenvalue weighted by atomic mass is 10.3. The molecule has 0 spiro atoms. The first-order valence-electron chi connectivity index (χ1n) is 8.66. The number of amides is 2. The Kier molecular flexibility index (Phi) is 7.75. The quantitative estimate of drug-likeness (QED) is 0.451. The summed E-state index contributed by atoms with van der Waals surface area (Å²) in [7, 11) is 0. The summed E-state index contributed by atoms with van der Waals surface area (Å²) in [6, 6.07) is 13.5. The van der Waals surface area contributed by atoms with Crippen LogP contribution in [0, 0.1) is 0 Å². The van der Waals surface area contributed by atoms with Gasteiger partial charge in [0.05, 0.1) is 0 Å². The molecule has 3 aromatic rings. The van der Waals surface area contributed by atoms with Crippen molar-refractivity contribution in [2.45, 2.75) is 0 Å². The number of benzene rings is 1. The molecule has 2 N–H and O–H groups in total. The molecule has 0 bridgehead atoms. The van der Waals surface area contributed by atoms with E-state index in [-0.39, 0.29) is 25.0 Å². The van der Waals surface area contributed by atoms with E-state index < -0.39 is 0 Å². The monoisotopic (exact) mass is 534 g/mol. The summed E-state index contributed by atoms with van der Waals surface area (Å²) in [5.41, 5.74) is 0. The molecule has 2 heterocycles. The molecule has 0 saturated carbocycles. The van der Waals surface area contributed by atoms with Crippen molar-refractivity contribution in [1.29, 1.82) is 0 Å². The number of hydrogen-bond acceptors (Lipinski definition) is 6. The molecule has 30 heavy (non-hydrogen) atoms. The van der Waals surface area contributed by atoms with Crippen LogP contribution in [-0.2, 0) is 9.59 Å². The number of nitrogens with one attached hydrogen (secondary N) is 2. The molecule has 0 aliphatic heterocycles. The Balaban J connectivity index is 1.45. The Morgan fingerprint density at radius 2 is 1.23 bits per heavy atom. The Morgan fingerprint density at radius 3 is 1.63 bits per heavy atom. The number of ether oxygens (including phenoxy) is 2. The van der Waals surface area contributed by atoms with Crippen molar-refractivity contribution in [2.75, 3.05) is 23.8 Å². The van der Waals surface area contributed by atoms with Gasteiger partial charge in [0.25, 0.3) is 11.8 Å². The number of pyridine rings is 2. The highest BCUT2D eigenvalue weighted by atomic mass is 79.9. The first-order valence-corrected chi connectivity index (χ1v) is 10.2. The highest BCUT2D eigenvalue weighted by Gasteiger charge is 2.08. The average molecular weight is 536 g/mol. The van der Waals surface area contributed by atoms with Gasteiger partial charge in [-0.1, -0.05) is 6.07 Å². The highest BCUT2D eigenvalue weighted by molar-refractivity contribution is 9.10. The SMILES string of the molecule is O=C(COc1cccc(OCC(=O)Nc2ccc(Br)cn2)c1)Nc1ccc(Br)cn1. The highest BCUT2D eigenvalue weighted by Crippen LogP contribution is 2.19. The molecule has 8 nitrogen and oxygen atoms in total. The number of nitrogens with zero attached hydrogens (tertiary/aromatic N) is 2. The molecule has 2 aromatic heterocycles. The van der Waals surface area contributed by atoms with E-state index in [0.717, 1.165) is 8.95 Å². The van der Waals surface area contributed by atoms with Crippen molar-refractivity contribution in [3.8, 4) is 11.5 Å². The van der Waals surface area contributed by atoms with Crippen molar-refractivity contribution in [2.24, 2.45) is 0 Å². The maximum atomic E-state index is 12.0.